The van der Waals surface area contributed by atoms with Crippen molar-refractivity contribution in [3.8, 4) is 6.07 Å². The standard InChI is InChI=1S/C16H15FN2/c1-2-5-13-6-3-4-7-16(13)19-15-9-12(11-18)8-14(17)10-15/h3-4,6-10,19H,2,5H2,1H3. The van der Waals surface area contributed by atoms with Gasteiger partial charge in [0.15, 0.2) is 0 Å². The Bertz CT molecular complexity index is 614. The number of nitrogens with zero attached hydrogens (tertiary/aromatic N) is 1. The van der Waals surface area contributed by atoms with Crippen LogP contribution in [0.3, 0.4) is 0 Å². The van der Waals surface area contributed by atoms with E-state index in [0.717, 1.165) is 18.5 Å². The topological polar surface area (TPSA) is 35.8 Å². The average molecular weight is 254 g/mol. The summed E-state index contributed by atoms with van der Waals surface area (Å²) in [5.41, 5.74) is 3.06. The van der Waals surface area contributed by atoms with E-state index in [9.17, 15) is 4.39 Å². The Hall–Kier alpha value is -2.34. The first-order chi connectivity index (χ1) is 9.22. The van der Waals surface area contributed by atoms with Crippen molar-refractivity contribution in [3.63, 3.8) is 0 Å². The van der Waals surface area contributed by atoms with Gasteiger partial charge in [0.1, 0.15) is 5.82 Å². The minimum absolute atomic E-state index is 0.315. The molecule has 0 bridgehead atoms. The fourth-order valence-corrected chi connectivity index (χ4v) is 2.01. The predicted octanol–water partition coefficient (Wildman–Crippen LogP) is 4.39. The van der Waals surface area contributed by atoms with E-state index in [0.29, 0.717) is 11.3 Å². The molecule has 19 heavy (non-hydrogen) atoms. The lowest BCUT2D eigenvalue weighted by Gasteiger charge is -2.11. The highest BCUT2D eigenvalue weighted by Crippen LogP contribution is 2.23. The highest BCUT2D eigenvalue weighted by Gasteiger charge is 2.04. The van der Waals surface area contributed by atoms with Gasteiger partial charge in [-0.25, -0.2) is 4.39 Å². The fourth-order valence-electron chi connectivity index (χ4n) is 2.01. The van der Waals surface area contributed by atoms with Crippen LogP contribution < -0.4 is 5.32 Å². The average Bonchev–Trinajstić information content (AvgIpc) is 2.40. The third-order valence-electron chi connectivity index (χ3n) is 2.84. The first kappa shape index (κ1) is 13.1. The molecule has 0 atom stereocenters. The first-order valence-corrected chi connectivity index (χ1v) is 6.28. The summed E-state index contributed by atoms with van der Waals surface area (Å²) in [6.45, 7) is 2.12. The van der Waals surface area contributed by atoms with Crippen LogP contribution in [0.15, 0.2) is 42.5 Å². The second-order valence-corrected chi connectivity index (χ2v) is 4.37. The molecular weight excluding hydrogens is 239 g/mol. The summed E-state index contributed by atoms with van der Waals surface area (Å²) in [4.78, 5) is 0. The zero-order valence-electron chi connectivity index (χ0n) is 10.8. The van der Waals surface area contributed by atoms with Crippen LogP contribution in [-0.2, 0) is 6.42 Å². The minimum atomic E-state index is -0.408. The van der Waals surface area contributed by atoms with E-state index in [-0.39, 0.29) is 0 Å². The van der Waals surface area contributed by atoms with Gasteiger partial charge in [-0.3, -0.25) is 0 Å². The predicted molar refractivity (Wildman–Crippen MR) is 74.8 cm³/mol. The van der Waals surface area contributed by atoms with Gasteiger partial charge in [0.25, 0.3) is 0 Å². The number of anilines is 2. The van der Waals surface area contributed by atoms with Crippen LogP contribution in [-0.4, -0.2) is 0 Å². The van der Waals surface area contributed by atoms with Gasteiger partial charge in [-0.2, -0.15) is 5.26 Å². The van der Waals surface area contributed by atoms with Crippen molar-refractivity contribution in [3.05, 3.63) is 59.4 Å². The summed E-state index contributed by atoms with van der Waals surface area (Å²) in [5.74, 6) is -0.408. The molecule has 0 aliphatic carbocycles. The van der Waals surface area contributed by atoms with Gasteiger partial charge in [0.2, 0.25) is 0 Å². The Kier molecular flexibility index (Phi) is 4.15. The van der Waals surface area contributed by atoms with Gasteiger partial charge >= 0.3 is 0 Å². The Balaban J connectivity index is 2.31. The van der Waals surface area contributed by atoms with Gasteiger partial charge < -0.3 is 5.32 Å². The van der Waals surface area contributed by atoms with Crippen LogP contribution in [0.5, 0.6) is 0 Å². The molecule has 0 aliphatic rings. The van der Waals surface area contributed by atoms with Crippen LogP contribution in [0, 0.1) is 17.1 Å². The van der Waals surface area contributed by atoms with Gasteiger partial charge in [-0.05, 0) is 36.2 Å². The number of nitriles is 1. The number of benzene rings is 2. The maximum atomic E-state index is 13.4. The monoisotopic (exact) mass is 254 g/mol. The van der Waals surface area contributed by atoms with Crippen LogP contribution in [0.2, 0.25) is 0 Å². The summed E-state index contributed by atoms with van der Waals surface area (Å²) in [5, 5.41) is 12.0. The van der Waals surface area contributed by atoms with Crippen molar-refractivity contribution in [2.45, 2.75) is 19.8 Å². The van der Waals surface area contributed by atoms with Gasteiger partial charge in [0.05, 0.1) is 11.6 Å². The summed E-state index contributed by atoms with van der Waals surface area (Å²) >= 11 is 0. The van der Waals surface area contributed by atoms with Crippen LogP contribution in [0.4, 0.5) is 15.8 Å². The molecule has 0 unspecified atom stereocenters. The molecule has 96 valence electrons. The minimum Gasteiger partial charge on any atom is -0.355 e. The molecule has 2 aromatic rings. The highest BCUT2D eigenvalue weighted by molar-refractivity contribution is 5.64. The lowest BCUT2D eigenvalue weighted by Crippen LogP contribution is -1.97. The third kappa shape index (κ3) is 3.32. The van der Waals surface area contributed by atoms with Crippen molar-refractivity contribution in [1.29, 1.82) is 5.26 Å². The summed E-state index contributed by atoms with van der Waals surface area (Å²) in [6.07, 6.45) is 2.01. The third-order valence-corrected chi connectivity index (χ3v) is 2.84. The SMILES string of the molecule is CCCc1ccccc1Nc1cc(F)cc(C#N)c1. The number of nitrogens with one attached hydrogen (secondary N) is 1. The molecule has 0 radical (unpaired) electrons. The molecule has 0 aromatic heterocycles. The van der Waals surface area contributed by atoms with E-state index in [4.69, 9.17) is 5.26 Å². The summed E-state index contributed by atoms with van der Waals surface area (Å²) < 4.78 is 13.4. The van der Waals surface area contributed by atoms with Crippen LogP contribution in [0.25, 0.3) is 0 Å². The Morgan fingerprint density at radius 1 is 1.21 bits per heavy atom. The normalized spacial score (nSPS) is 9.95. The molecule has 1 N–H and O–H groups in total. The van der Waals surface area contributed by atoms with Crippen molar-refractivity contribution in [1.82, 2.24) is 0 Å². The van der Waals surface area contributed by atoms with Gasteiger partial charge in [-0.15, -0.1) is 0 Å². The molecule has 0 heterocycles. The lowest BCUT2D eigenvalue weighted by atomic mass is 10.1. The second kappa shape index (κ2) is 6.01. The van der Waals surface area contributed by atoms with E-state index in [1.54, 1.807) is 6.07 Å². The zero-order valence-corrected chi connectivity index (χ0v) is 10.8. The number of hydrogen-bond donors (Lipinski definition) is 1. The van der Waals surface area contributed by atoms with Crippen molar-refractivity contribution < 1.29 is 4.39 Å². The van der Waals surface area contributed by atoms with Gasteiger partial charge in [-0.1, -0.05) is 31.5 Å². The number of para-hydroxylation sites is 1. The molecule has 0 saturated heterocycles. The molecule has 0 aliphatic heterocycles. The Labute approximate surface area is 112 Å². The molecule has 2 rings (SSSR count). The quantitative estimate of drug-likeness (QED) is 0.878. The van der Waals surface area contributed by atoms with Crippen molar-refractivity contribution in [2.24, 2.45) is 0 Å². The van der Waals surface area contributed by atoms with Crippen molar-refractivity contribution >= 4 is 11.4 Å². The summed E-state index contributed by atoms with van der Waals surface area (Å²) in [7, 11) is 0. The van der Waals surface area contributed by atoms with Crippen LogP contribution in [0.1, 0.15) is 24.5 Å². The van der Waals surface area contributed by atoms with E-state index >= 15 is 0 Å². The number of rotatable bonds is 4. The van der Waals surface area contributed by atoms with Crippen molar-refractivity contribution in [2.75, 3.05) is 5.32 Å². The molecular formula is C16H15FN2. The first-order valence-electron chi connectivity index (χ1n) is 6.28. The van der Waals surface area contributed by atoms with Crippen LogP contribution >= 0.6 is 0 Å². The smallest absolute Gasteiger partial charge is 0.126 e. The molecule has 0 spiro atoms. The molecule has 3 heteroatoms. The number of halogens is 1. The molecule has 0 fully saturated rings. The largest absolute Gasteiger partial charge is 0.355 e. The van der Waals surface area contributed by atoms with E-state index in [2.05, 4.69) is 18.3 Å². The molecule has 0 amide bonds. The highest BCUT2D eigenvalue weighted by atomic mass is 19.1. The molecule has 2 nitrogen and oxygen atoms in total. The van der Waals surface area contributed by atoms with E-state index in [1.165, 1.54) is 17.7 Å². The lowest BCUT2D eigenvalue weighted by molar-refractivity contribution is 0.628. The van der Waals surface area contributed by atoms with Gasteiger partial charge in [0, 0.05) is 11.4 Å². The number of hydrogen-bond acceptors (Lipinski definition) is 2. The van der Waals surface area contributed by atoms with E-state index < -0.39 is 5.82 Å². The maximum absolute atomic E-state index is 13.4. The fraction of sp³-hybridized carbons (Fsp3) is 0.188. The number of aryl methyl sites for hydroxylation is 1. The van der Waals surface area contributed by atoms with E-state index in [1.807, 2.05) is 24.3 Å². The Morgan fingerprint density at radius 3 is 2.74 bits per heavy atom. The Morgan fingerprint density at radius 2 is 2.00 bits per heavy atom. The summed E-state index contributed by atoms with van der Waals surface area (Å²) in [6, 6.07) is 14.2. The molecule has 2 aromatic carbocycles. The zero-order chi connectivity index (χ0) is 13.7. The molecule has 0 saturated carbocycles. The second-order valence-electron chi connectivity index (χ2n) is 4.37. The maximum Gasteiger partial charge on any atom is 0.126 e.